The van der Waals surface area contributed by atoms with Gasteiger partial charge in [0.05, 0.1) is 18.5 Å². The highest BCUT2D eigenvalue weighted by Crippen LogP contribution is 2.22. The lowest BCUT2D eigenvalue weighted by molar-refractivity contribution is 0.251. The second-order valence-electron chi connectivity index (χ2n) is 5.30. The summed E-state index contributed by atoms with van der Waals surface area (Å²) in [6.45, 7) is 0.386. The van der Waals surface area contributed by atoms with E-state index in [2.05, 4.69) is 20.6 Å². The van der Waals surface area contributed by atoms with Crippen LogP contribution >= 0.6 is 0 Å². The number of carbonyl (C=O) groups excluding carboxylic acids is 1. The van der Waals surface area contributed by atoms with Crippen molar-refractivity contribution in [1.29, 1.82) is 0 Å². The maximum absolute atomic E-state index is 12.1. The number of aromatic nitrogens is 2. The van der Waals surface area contributed by atoms with E-state index in [4.69, 9.17) is 4.74 Å². The van der Waals surface area contributed by atoms with Crippen LogP contribution in [0.15, 0.2) is 67.1 Å². The number of methoxy groups -OCH3 is 1. The van der Waals surface area contributed by atoms with Crippen LogP contribution in [0.3, 0.4) is 0 Å². The summed E-state index contributed by atoms with van der Waals surface area (Å²) in [6, 6.07) is 14.6. The van der Waals surface area contributed by atoms with Crippen molar-refractivity contribution in [3.63, 3.8) is 0 Å². The Morgan fingerprint density at radius 3 is 2.80 bits per heavy atom. The maximum Gasteiger partial charge on any atom is 0.319 e. The van der Waals surface area contributed by atoms with E-state index in [1.54, 1.807) is 37.8 Å². The third kappa shape index (κ3) is 4.32. The van der Waals surface area contributed by atoms with Crippen molar-refractivity contribution in [1.82, 2.24) is 15.3 Å². The Labute approximate surface area is 145 Å². The minimum Gasteiger partial charge on any atom is -0.495 e. The van der Waals surface area contributed by atoms with Crippen LogP contribution in [0.4, 0.5) is 10.5 Å². The third-order valence-corrected chi connectivity index (χ3v) is 3.59. The van der Waals surface area contributed by atoms with Gasteiger partial charge < -0.3 is 15.4 Å². The minimum atomic E-state index is -0.302. The van der Waals surface area contributed by atoms with E-state index in [1.165, 1.54) is 0 Å². The van der Waals surface area contributed by atoms with Crippen molar-refractivity contribution in [3.05, 3.63) is 72.7 Å². The molecule has 2 heterocycles. The number of hydrogen-bond acceptors (Lipinski definition) is 4. The fraction of sp³-hybridized carbons (Fsp3) is 0.105. The summed E-state index contributed by atoms with van der Waals surface area (Å²) < 4.78 is 5.22. The number of ether oxygens (including phenoxy) is 1. The number of amides is 2. The van der Waals surface area contributed by atoms with Gasteiger partial charge in [-0.25, -0.2) is 4.79 Å². The average molecular weight is 334 g/mol. The van der Waals surface area contributed by atoms with Gasteiger partial charge in [0.2, 0.25) is 0 Å². The Bertz CT molecular complexity index is 853. The van der Waals surface area contributed by atoms with Crippen molar-refractivity contribution >= 4 is 11.7 Å². The monoisotopic (exact) mass is 334 g/mol. The highest BCUT2D eigenvalue weighted by Gasteiger charge is 2.07. The van der Waals surface area contributed by atoms with E-state index in [1.807, 2.05) is 36.4 Å². The zero-order valence-electron chi connectivity index (χ0n) is 13.8. The zero-order chi connectivity index (χ0) is 17.5. The van der Waals surface area contributed by atoms with E-state index < -0.39 is 0 Å². The van der Waals surface area contributed by atoms with Crippen molar-refractivity contribution in [3.8, 4) is 17.0 Å². The first-order valence-corrected chi connectivity index (χ1v) is 7.79. The second-order valence-corrected chi connectivity index (χ2v) is 5.30. The van der Waals surface area contributed by atoms with Crippen LogP contribution < -0.4 is 15.4 Å². The molecule has 2 N–H and O–H groups in total. The molecule has 0 fully saturated rings. The first kappa shape index (κ1) is 16.4. The number of pyridine rings is 2. The number of nitrogens with zero attached hydrogens (tertiary/aromatic N) is 2. The molecule has 2 amide bonds. The van der Waals surface area contributed by atoms with Crippen molar-refractivity contribution in [2.75, 3.05) is 12.4 Å². The number of urea groups is 1. The van der Waals surface area contributed by atoms with Gasteiger partial charge in [-0.1, -0.05) is 12.1 Å². The SMILES string of the molecule is COc1ccccc1NC(=O)NCc1ccnc(-c2cccnc2)c1. The van der Waals surface area contributed by atoms with E-state index in [9.17, 15) is 4.79 Å². The predicted molar refractivity (Wildman–Crippen MR) is 96.3 cm³/mol. The van der Waals surface area contributed by atoms with E-state index >= 15 is 0 Å². The summed E-state index contributed by atoms with van der Waals surface area (Å²) in [7, 11) is 1.56. The normalized spacial score (nSPS) is 10.1. The molecule has 0 unspecified atom stereocenters. The van der Waals surface area contributed by atoms with Crippen LogP contribution in [0.2, 0.25) is 0 Å². The molecule has 0 spiro atoms. The van der Waals surface area contributed by atoms with Gasteiger partial charge in [-0.3, -0.25) is 9.97 Å². The predicted octanol–water partition coefficient (Wildman–Crippen LogP) is 3.47. The van der Waals surface area contributed by atoms with Gasteiger partial charge >= 0.3 is 6.03 Å². The molecule has 3 aromatic rings. The van der Waals surface area contributed by atoms with Gasteiger partial charge in [0.25, 0.3) is 0 Å². The molecule has 6 heteroatoms. The Morgan fingerprint density at radius 2 is 2.00 bits per heavy atom. The molecule has 3 rings (SSSR count). The fourth-order valence-electron chi connectivity index (χ4n) is 2.35. The molecule has 0 bridgehead atoms. The first-order valence-electron chi connectivity index (χ1n) is 7.79. The molecule has 2 aromatic heterocycles. The number of hydrogen-bond donors (Lipinski definition) is 2. The molecule has 0 atom stereocenters. The molecule has 0 aliphatic carbocycles. The smallest absolute Gasteiger partial charge is 0.319 e. The summed E-state index contributed by atoms with van der Waals surface area (Å²) >= 11 is 0. The number of anilines is 1. The standard InChI is InChI=1S/C19H18N4O2/c1-25-18-7-3-2-6-16(18)23-19(24)22-12-14-8-10-21-17(11-14)15-5-4-9-20-13-15/h2-11,13H,12H2,1H3,(H2,22,23,24). The first-order chi connectivity index (χ1) is 12.3. The van der Waals surface area contributed by atoms with Gasteiger partial charge in [0.1, 0.15) is 5.75 Å². The number of nitrogens with one attached hydrogen (secondary N) is 2. The number of rotatable bonds is 5. The van der Waals surface area contributed by atoms with Crippen LogP contribution in [-0.4, -0.2) is 23.1 Å². The van der Waals surface area contributed by atoms with Gasteiger partial charge in [-0.2, -0.15) is 0 Å². The average Bonchev–Trinajstić information content (AvgIpc) is 2.68. The molecule has 1 aromatic carbocycles. The number of benzene rings is 1. The largest absolute Gasteiger partial charge is 0.495 e. The molecule has 0 radical (unpaired) electrons. The van der Waals surface area contributed by atoms with Crippen LogP contribution in [0.25, 0.3) is 11.3 Å². The molecule has 6 nitrogen and oxygen atoms in total. The Balaban J connectivity index is 1.63. The van der Waals surface area contributed by atoms with E-state index in [0.29, 0.717) is 18.0 Å². The third-order valence-electron chi connectivity index (χ3n) is 3.59. The molecule has 25 heavy (non-hydrogen) atoms. The maximum atomic E-state index is 12.1. The molecule has 0 saturated carbocycles. The Morgan fingerprint density at radius 1 is 1.12 bits per heavy atom. The summed E-state index contributed by atoms with van der Waals surface area (Å²) in [4.78, 5) is 20.5. The fourth-order valence-corrected chi connectivity index (χ4v) is 2.35. The lowest BCUT2D eigenvalue weighted by Crippen LogP contribution is -2.28. The molecule has 0 aliphatic rings. The summed E-state index contributed by atoms with van der Waals surface area (Å²) in [5.41, 5.74) is 3.32. The second kappa shape index (κ2) is 7.92. The van der Waals surface area contributed by atoms with Gasteiger partial charge in [-0.15, -0.1) is 0 Å². The topological polar surface area (TPSA) is 76.1 Å². The van der Waals surface area contributed by atoms with Crippen LogP contribution in [0, 0.1) is 0 Å². The number of carbonyl (C=O) groups is 1. The lowest BCUT2D eigenvalue weighted by Gasteiger charge is -2.11. The molecule has 126 valence electrons. The Kier molecular flexibility index (Phi) is 5.21. The van der Waals surface area contributed by atoms with E-state index in [-0.39, 0.29) is 6.03 Å². The molecule has 0 aliphatic heterocycles. The van der Waals surface area contributed by atoms with Crippen molar-refractivity contribution in [2.24, 2.45) is 0 Å². The lowest BCUT2D eigenvalue weighted by atomic mass is 10.1. The summed E-state index contributed by atoms with van der Waals surface area (Å²) in [5.74, 6) is 0.612. The van der Waals surface area contributed by atoms with Crippen molar-refractivity contribution in [2.45, 2.75) is 6.54 Å². The van der Waals surface area contributed by atoms with Crippen LogP contribution in [0.5, 0.6) is 5.75 Å². The minimum absolute atomic E-state index is 0.302. The van der Waals surface area contributed by atoms with Gasteiger partial charge in [0, 0.05) is 30.7 Å². The highest BCUT2D eigenvalue weighted by molar-refractivity contribution is 5.90. The molecule has 0 saturated heterocycles. The van der Waals surface area contributed by atoms with Gasteiger partial charge in [-0.05, 0) is 42.0 Å². The summed E-state index contributed by atoms with van der Waals surface area (Å²) in [6.07, 6.45) is 5.20. The summed E-state index contributed by atoms with van der Waals surface area (Å²) in [5, 5.41) is 5.61. The zero-order valence-corrected chi connectivity index (χ0v) is 13.8. The number of para-hydroxylation sites is 2. The molecular weight excluding hydrogens is 316 g/mol. The van der Waals surface area contributed by atoms with E-state index in [0.717, 1.165) is 16.8 Å². The van der Waals surface area contributed by atoms with Gasteiger partial charge in [0.15, 0.2) is 0 Å². The molecular formula is C19H18N4O2. The van der Waals surface area contributed by atoms with Crippen LogP contribution in [-0.2, 0) is 6.54 Å². The quantitative estimate of drug-likeness (QED) is 0.749. The van der Waals surface area contributed by atoms with Crippen LogP contribution in [0.1, 0.15) is 5.56 Å². The highest BCUT2D eigenvalue weighted by atomic mass is 16.5. The Hall–Kier alpha value is -3.41. The van der Waals surface area contributed by atoms with Crippen molar-refractivity contribution < 1.29 is 9.53 Å².